The molecule has 1 rings (SSSR count). The minimum Gasteiger partial charge on any atom is -0.383 e. The molecule has 0 N–H and O–H groups in total. The summed E-state index contributed by atoms with van der Waals surface area (Å²) in [5.74, 6) is 0.251. The summed E-state index contributed by atoms with van der Waals surface area (Å²) in [6.07, 6.45) is 1.83. The zero-order chi connectivity index (χ0) is 16.9. The van der Waals surface area contributed by atoms with Gasteiger partial charge in [-0.2, -0.15) is 8.42 Å². The zero-order valence-electron chi connectivity index (χ0n) is 13.7. The Bertz CT molecular complexity index is 614. The van der Waals surface area contributed by atoms with Crippen LogP contribution in [0.25, 0.3) is 0 Å². The van der Waals surface area contributed by atoms with Crippen molar-refractivity contribution in [3.8, 4) is 5.75 Å². The zero-order valence-corrected chi connectivity index (χ0v) is 14.6. The standard InChI is InChI=1S/C15H24N2O4S/c1-6-12(2)17(15(18)16(3)4)11-13-8-7-9-14(10-13)21-22(5,19)20/h7-10,12H,6,11H2,1-5H3. The van der Waals surface area contributed by atoms with Crippen LogP contribution in [0.3, 0.4) is 0 Å². The summed E-state index contributed by atoms with van der Waals surface area (Å²) < 4.78 is 27.3. The summed E-state index contributed by atoms with van der Waals surface area (Å²) >= 11 is 0. The molecular formula is C15H24N2O4S. The van der Waals surface area contributed by atoms with Crippen molar-refractivity contribution in [2.24, 2.45) is 0 Å². The average molecular weight is 328 g/mol. The molecular weight excluding hydrogens is 304 g/mol. The summed E-state index contributed by atoms with van der Waals surface area (Å²) in [5.41, 5.74) is 0.816. The Morgan fingerprint density at radius 2 is 1.95 bits per heavy atom. The van der Waals surface area contributed by atoms with Gasteiger partial charge in [0.05, 0.1) is 6.26 Å². The highest BCUT2D eigenvalue weighted by Crippen LogP contribution is 2.18. The molecule has 0 bridgehead atoms. The number of carbonyl (C=O) groups is 1. The summed E-state index contributed by atoms with van der Waals surface area (Å²) in [6, 6.07) is 6.77. The van der Waals surface area contributed by atoms with Crippen LogP contribution in [0, 0.1) is 0 Å². The second-order valence-corrected chi connectivity index (χ2v) is 7.07. The molecule has 0 aliphatic heterocycles. The highest BCUT2D eigenvalue weighted by atomic mass is 32.2. The maximum Gasteiger partial charge on any atom is 0.320 e. The van der Waals surface area contributed by atoms with Gasteiger partial charge in [-0.15, -0.1) is 0 Å². The summed E-state index contributed by atoms with van der Waals surface area (Å²) in [4.78, 5) is 15.6. The van der Waals surface area contributed by atoms with Crippen molar-refractivity contribution in [3.05, 3.63) is 29.8 Å². The SMILES string of the molecule is CCC(C)N(Cc1cccc(OS(C)(=O)=O)c1)C(=O)N(C)C. The minimum atomic E-state index is -3.56. The van der Waals surface area contributed by atoms with Gasteiger partial charge in [0.1, 0.15) is 5.75 Å². The third-order valence-electron chi connectivity index (χ3n) is 3.25. The van der Waals surface area contributed by atoms with Crippen molar-refractivity contribution < 1.29 is 17.4 Å². The van der Waals surface area contributed by atoms with Crippen LogP contribution in [0.1, 0.15) is 25.8 Å². The summed E-state index contributed by atoms with van der Waals surface area (Å²) in [7, 11) is -0.143. The molecule has 1 atom stereocenters. The predicted molar refractivity (Wildman–Crippen MR) is 86.3 cm³/mol. The summed E-state index contributed by atoms with van der Waals surface area (Å²) in [5, 5.41) is 0. The van der Waals surface area contributed by atoms with E-state index in [1.54, 1.807) is 37.2 Å². The van der Waals surface area contributed by atoms with E-state index < -0.39 is 10.1 Å². The summed E-state index contributed by atoms with van der Waals surface area (Å²) in [6.45, 7) is 4.40. The first-order chi connectivity index (χ1) is 10.1. The van der Waals surface area contributed by atoms with E-state index >= 15 is 0 Å². The first kappa shape index (κ1) is 18.3. The van der Waals surface area contributed by atoms with Crippen LogP contribution in [0.5, 0.6) is 5.75 Å². The quantitative estimate of drug-likeness (QED) is 0.752. The van der Waals surface area contributed by atoms with E-state index in [9.17, 15) is 13.2 Å². The van der Waals surface area contributed by atoms with Gasteiger partial charge in [-0.05, 0) is 31.0 Å². The molecule has 1 aromatic rings. The third-order valence-corrected chi connectivity index (χ3v) is 3.75. The highest BCUT2D eigenvalue weighted by molar-refractivity contribution is 7.86. The second-order valence-electron chi connectivity index (χ2n) is 5.50. The first-order valence-corrected chi connectivity index (χ1v) is 8.92. The normalized spacial score (nSPS) is 12.6. The van der Waals surface area contributed by atoms with Crippen molar-refractivity contribution in [2.45, 2.75) is 32.9 Å². The van der Waals surface area contributed by atoms with Gasteiger partial charge < -0.3 is 14.0 Å². The van der Waals surface area contributed by atoms with Crippen LogP contribution >= 0.6 is 0 Å². The van der Waals surface area contributed by atoms with Crippen molar-refractivity contribution in [1.29, 1.82) is 0 Å². The topological polar surface area (TPSA) is 66.9 Å². The van der Waals surface area contributed by atoms with Crippen LogP contribution < -0.4 is 4.18 Å². The fourth-order valence-corrected chi connectivity index (χ4v) is 2.41. The molecule has 0 aliphatic rings. The molecule has 0 aliphatic carbocycles. The third kappa shape index (κ3) is 5.55. The average Bonchev–Trinajstić information content (AvgIpc) is 2.41. The number of hydrogen-bond acceptors (Lipinski definition) is 4. The Morgan fingerprint density at radius 3 is 2.45 bits per heavy atom. The molecule has 0 radical (unpaired) electrons. The number of urea groups is 1. The Morgan fingerprint density at radius 1 is 1.32 bits per heavy atom. The highest BCUT2D eigenvalue weighted by Gasteiger charge is 2.21. The maximum atomic E-state index is 12.3. The van der Waals surface area contributed by atoms with E-state index in [0.29, 0.717) is 6.54 Å². The Kier molecular flexibility index (Phi) is 6.22. The maximum absolute atomic E-state index is 12.3. The van der Waals surface area contributed by atoms with Crippen molar-refractivity contribution in [1.82, 2.24) is 9.80 Å². The molecule has 2 amide bonds. The number of hydrogen-bond donors (Lipinski definition) is 0. The fraction of sp³-hybridized carbons (Fsp3) is 0.533. The largest absolute Gasteiger partial charge is 0.383 e. The van der Waals surface area contributed by atoms with E-state index in [1.165, 1.54) is 4.90 Å². The second kappa shape index (κ2) is 7.49. The van der Waals surface area contributed by atoms with Gasteiger partial charge >= 0.3 is 16.1 Å². The molecule has 0 heterocycles. The molecule has 0 saturated heterocycles. The van der Waals surface area contributed by atoms with E-state index in [0.717, 1.165) is 18.2 Å². The number of carbonyl (C=O) groups excluding carboxylic acids is 1. The molecule has 6 nitrogen and oxygen atoms in total. The fourth-order valence-electron chi connectivity index (χ4n) is 1.96. The van der Waals surface area contributed by atoms with Crippen molar-refractivity contribution in [3.63, 3.8) is 0 Å². The smallest absolute Gasteiger partial charge is 0.320 e. The lowest BCUT2D eigenvalue weighted by Gasteiger charge is -2.31. The molecule has 22 heavy (non-hydrogen) atoms. The minimum absolute atomic E-state index is 0.0781. The van der Waals surface area contributed by atoms with E-state index in [1.807, 2.05) is 19.9 Å². The Labute approximate surface area is 132 Å². The molecule has 0 aromatic heterocycles. The van der Waals surface area contributed by atoms with Crippen LogP contribution in [-0.4, -0.2) is 50.6 Å². The van der Waals surface area contributed by atoms with Gasteiger partial charge in [-0.1, -0.05) is 19.1 Å². The molecule has 1 unspecified atom stereocenters. The molecule has 0 fully saturated rings. The number of amides is 2. The van der Waals surface area contributed by atoms with E-state index in [4.69, 9.17) is 4.18 Å². The predicted octanol–water partition coefficient (Wildman–Crippen LogP) is 2.31. The lowest BCUT2D eigenvalue weighted by atomic mass is 10.1. The van der Waals surface area contributed by atoms with Gasteiger partial charge in [0.15, 0.2) is 0 Å². The molecule has 0 spiro atoms. The van der Waals surface area contributed by atoms with Crippen LogP contribution in [0.2, 0.25) is 0 Å². The first-order valence-electron chi connectivity index (χ1n) is 7.10. The Hall–Kier alpha value is -1.76. The molecule has 7 heteroatoms. The lowest BCUT2D eigenvalue weighted by Crippen LogP contribution is -2.43. The van der Waals surface area contributed by atoms with Crippen molar-refractivity contribution >= 4 is 16.1 Å². The van der Waals surface area contributed by atoms with E-state index in [2.05, 4.69) is 0 Å². The van der Waals surface area contributed by atoms with E-state index in [-0.39, 0.29) is 17.8 Å². The van der Waals surface area contributed by atoms with Crippen LogP contribution in [-0.2, 0) is 16.7 Å². The Balaban J connectivity index is 2.98. The molecule has 1 aromatic carbocycles. The van der Waals surface area contributed by atoms with Gasteiger partial charge in [-0.3, -0.25) is 0 Å². The monoisotopic (exact) mass is 328 g/mol. The van der Waals surface area contributed by atoms with Gasteiger partial charge in [0, 0.05) is 26.7 Å². The lowest BCUT2D eigenvalue weighted by molar-refractivity contribution is 0.148. The van der Waals surface area contributed by atoms with Gasteiger partial charge in [0.2, 0.25) is 0 Å². The van der Waals surface area contributed by atoms with Gasteiger partial charge in [-0.25, -0.2) is 4.79 Å². The molecule has 124 valence electrons. The van der Waals surface area contributed by atoms with Crippen LogP contribution in [0.4, 0.5) is 4.79 Å². The number of benzene rings is 1. The molecule has 0 saturated carbocycles. The van der Waals surface area contributed by atoms with Crippen LogP contribution in [0.15, 0.2) is 24.3 Å². The number of nitrogens with zero attached hydrogens (tertiary/aromatic N) is 2. The number of rotatable bonds is 6. The van der Waals surface area contributed by atoms with Gasteiger partial charge in [0.25, 0.3) is 0 Å². The van der Waals surface area contributed by atoms with Crippen molar-refractivity contribution in [2.75, 3.05) is 20.4 Å².